The average molecular weight is 420 g/mol. The number of esters is 1. The van der Waals surface area contributed by atoms with E-state index in [1.165, 1.54) is 7.11 Å². The Morgan fingerprint density at radius 2 is 1.63 bits per heavy atom. The number of ether oxygens (including phenoxy) is 4. The molecule has 1 aliphatic heterocycles. The van der Waals surface area contributed by atoms with Gasteiger partial charge in [0.15, 0.2) is 12.6 Å². The number of rotatable bonds is 8. The van der Waals surface area contributed by atoms with Crippen LogP contribution >= 0.6 is 0 Å². The standard InChI is InChI=1S/C23H33NO6/c1-27-22(26)21-9-6-18(14-17(21)15-25)24-12-10-20(11-13-24)30-19-7-4-16(5-8-19)23(28-2)29-3/h6,9,14-16,19-20,23H,4-5,7-8,10-13H2,1-3H3. The monoisotopic (exact) mass is 419 g/mol. The van der Waals surface area contributed by atoms with Gasteiger partial charge < -0.3 is 23.8 Å². The van der Waals surface area contributed by atoms with Crippen LogP contribution in [0.2, 0.25) is 0 Å². The number of hydrogen-bond acceptors (Lipinski definition) is 7. The van der Waals surface area contributed by atoms with Gasteiger partial charge in [0.2, 0.25) is 0 Å². The zero-order valence-corrected chi connectivity index (χ0v) is 18.2. The van der Waals surface area contributed by atoms with Gasteiger partial charge in [-0.25, -0.2) is 4.79 Å². The molecule has 3 rings (SSSR count). The molecule has 0 aromatic heterocycles. The van der Waals surface area contributed by atoms with Crippen LogP contribution in [-0.4, -0.2) is 65.2 Å². The van der Waals surface area contributed by atoms with Crippen LogP contribution in [0, 0.1) is 5.92 Å². The van der Waals surface area contributed by atoms with Gasteiger partial charge in [0.25, 0.3) is 0 Å². The first-order valence-electron chi connectivity index (χ1n) is 10.7. The van der Waals surface area contributed by atoms with E-state index in [9.17, 15) is 9.59 Å². The third kappa shape index (κ3) is 5.39. The number of nitrogens with zero attached hydrogens (tertiary/aromatic N) is 1. The Hall–Kier alpha value is -1.96. The molecule has 30 heavy (non-hydrogen) atoms. The van der Waals surface area contributed by atoms with Crippen LogP contribution in [0.15, 0.2) is 18.2 Å². The summed E-state index contributed by atoms with van der Waals surface area (Å²) in [5.41, 5.74) is 1.61. The molecule has 1 saturated heterocycles. The van der Waals surface area contributed by atoms with Gasteiger partial charge in [-0.2, -0.15) is 0 Å². The number of piperidine rings is 1. The third-order valence-corrected chi connectivity index (χ3v) is 6.33. The van der Waals surface area contributed by atoms with Crippen molar-refractivity contribution in [2.45, 2.75) is 57.0 Å². The van der Waals surface area contributed by atoms with Crippen molar-refractivity contribution < 1.29 is 28.5 Å². The van der Waals surface area contributed by atoms with Gasteiger partial charge in [-0.15, -0.1) is 0 Å². The van der Waals surface area contributed by atoms with Crippen LogP contribution in [0.25, 0.3) is 0 Å². The molecule has 7 heteroatoms. The predicted molar refractivity (Wildman–Crippen MR) is 113 cm³/mol. The van der Waals surface area contributed by atoms with Crippen LogP contribution < -0.4 is 4.90 Å². The summed E-state index contributed by atoms with van der Waals surface area (Å²) >= 11 is 0. The number of anilines is 1. The summed E-state index contributed by atoms with van der Waals surface area (Å²) < 4.78 is 21.9. The molecule has 0 radical (unpaired) electrons. The van der Waals surface area contributed by atoms with E-state index in [2.05, 4.69) is 4.90 Å². The van der Waals surface area contributed by atoms with Gasteiger partial charge in [0.1, 0.15) is 0 Å². The normalized spacial score (nSPS) is 22.9. The van der Waals surface area contributed by atoms with E-state index in [1.54, 1.807) is 26.4 Å². The molecule has 1 aromatic carbocycles. The lowest BCUT2D eigenvalue weighted by Gasteiger charge is -2.38. The Morgan fingerprint density at radius 1 is 1.00 bits per heavy atom. The number of carbonyl (C=O) groups is 2. The van der Waals surface area contributed by atoms with E-state index < -0.39 is 5.97 Å². The maximum absolute atomic E-state index is 11.8. The zero-order valence-electron chi connectivity index (χ0n) is 18.2. The summed E-state index contributed by atoms with van der Waals surface area (Å²) in [4.78, 5) is 25.4. The van der Waals surface area contributed by atoms with Crippen LogP contribution in [0.4, 0.5) is 5.69 Å². The molecule has 0 N–H and O–H groups in total. The average Bonchev–Trinajstić information content (AvgIpc) is 2.80. The van der Waals surface area contributed by atoms with Gasteiger partial charge in [0.05, 0.1) is 24.9 Å². The molecule has 0 spiro atoms. The fraction of sp³-hybridized carbons (Fsp3) is 0.652. The van der Waals surface area contributed by atoms with Gasteiger partial charge in [-0.05, 0) is 56.7 Å². The van der Waals surface area contributed by atoms with E-state index >= 15 is 0 Å². The third-order valence-electron chi connectivity index (χ3n) is 6.33. The molecule has 0 bridgehead atoms. The summed E-state index contributed by atoms with van der Waals surface area (Å²) in [6, 6.07) is 5.31. The van der Waals surface area contributed by atoms with E-state index in [0.29, 0.717) is 29.4 Å². The van der Waals surface area contributed by atoms with Gasteiger partial charge >= 0.3 is 5.97 Å². The summed E-state index contributed by atoms with van der Waals surface area (Å²) in [6.45, 7) is 1.73. The van der Waals surface area contributed by atoms with Crippen LogP contribution in [-0.2, 0) is 18.9 Å². The maximum atomic E-state index is 11.8. The lowest BCUT2D eigenvalue weighted by Crippen LogP contribution is -2.39. The molecule has 1 aromatic rings. The number of aldehydes is 1. The van der Waals surface area contributed by atoms with Crippen molar-refractivity contribution in [3.8, 4) is 0 Å². The number of carbonyl (C=O) groups excluding carboxylic acids is 2. The first kappa shape index (κ1) is 22.7. The van der Waals surface area contributed by atoms with Gasteiger partial charge in [-0.1, -0.05) is 0 Å². The van der Waals surface area contributed by atoms with Crippen LogP contribution in [0.1, 0.15) is 59.2 Å². The summed E-state index contributed by atoms with van der Waals surface area (Å²) in [6.07, 6.45) is 7.31. The highest BCUT2D eigenvalue weighted by Gasteiger charge is 2.30. The van der Waals surface area contributed by atoms with E-state index in [1.807, 2.05) is 6.07 Å². The molecule has 1 saturated carbocycles. The summed E-state index contributed by atoms with van der Waals surface area (Å²) in [5, 5.41) is 0. The highest BCUT2D eigenvalue weighted by Crippen LogP contribution is 2.32. The van der Waals surface area contributed by atoms with Crippen molar-refractivity contribution in [2.24, 2.45) is 5.92 Å². The Bertz CT molecular complexity index is 704. The first-order valence-corrected chi connectivity index (χ1v) is 10.7. The minimum Gasteiger partial charge on any atom is -0.465 e. The summed E-state index contributed by atoms with van der Waals surface area (Å²) in [5.74, 6) is -0.0468. The maximum Gasteiger partial charge on any atom is 0.338 e. The lowest BCUT2D eigenvalue weighted by molar-refractivity contribution is -0.153. The molecule has 7 nitrogen and oxygen atoms in total. The predicted octanol–water partition coefficient (Wildman–Crippen LogP) is 3.45. The topological polar surface area (TPSA) is 74.3 Å². The molecule has 0 amide bonds. The quantitative estimate of drug-likeness (QED) is 0.363. The number of hydrogen-bond donors (Lipinski definition) is 0. The van der Waals surface area contributed by atoms with Crippen LogP contribution in [0.5, 0.6) is 0 Å². The van der Waals surface area contributed by atoms with Crippen LogP contribution in [0.3, 0.4) is 0 Å². The van der Waals surface area contributed by atoms with Crippen molar-refractivity contribution >= 4 is 17.9 Å². The molecule has 2 aliphatic rings. The van der Waals surface area contributed by atoms with Gasteiger partial charge in [0, 0.05) is 44.5 Å². The molecular weight excluding hydrogens is 386 g/mol. The summed E-state index contributed by atoms with van der Waals surface area (Å²) in [7, 11) is 4.72. The number of benzene rings is 1. The van der Waals surface area contributed by atoms with E-state index in [0.717, 1.165) is 57.3 Å². The highest BCUT2D eigenvalue weighted by atomic mass is 16.7. The largest absolute Gasteiger partial charge is 0.465 e. The Labute approximate surface area is 178 Å². The molecule has 166 valence electrons. The van der Waals surface area contributed by atoms with E-state index in [-0.39, 0.29) is 12.4 Å². The Kier molecular flexibility index (Phi) is 8.24. The number of methoxy groups -OCH3 is 3. The first-order chi connectivity index (χ1) is 14.6. The smallest absolute Gasteiger partial charge is 0.338 e. The van der Waals surface area contributed by atoms with Gasteiger partial charge in [-0.3, -0.25) is 4.79 Å². The minimum atomic E-state index is -0.493. The van der Waals surface area contributed by atoms with Crippen molar-refractivity contribution in [1.82, 2.24) is 0 Å². The minimum absolute atomic E-state index is 0.115. The molecule has 0 unspecified atom stereocenters. The van der Waals surface area contributed by atoms with Crippen molar-refractivity contribution in [1.29, 1.82) is 0 Å². The molecule has 0 atom stereocenters. The van der Waals surface area contributed by atoms with Crippen molar-refractivity contribution in [2.75, 3.05) is 39.3 Å². The van der Waals surface area contributed by atoms with Crippen molar-refractivity contribution in [3.05, 3.63) is 29.3 Å². The second-order valence-electron chi connectivity index (χ2n) is 8.08. The zero-order chi connectivity index (χ0) is 21.5. The molecular formula is C23H33NO6. The Morgan fingerprint density at radius 3 is 2.20 bits per heavy atom. The lowest BCUT2D eigenvalue weighted by atomic mass is 9.86. The molecule has 1 aliphatic carbocycles. The SMILES string of the molecule is COC(=O)c1ccc(N2CCC(OC3CCC(C(OC)OC)CC3)CC2)cc1C=O. The second-order valence-corrected chi connectivity index (χ2v) is 8.08. The fourth-order valence-electron chi connectivity index (χ4n) is 4.64. The molecule has 1 heterocycles. The molecule has 2 fully saturated rings. The second kappa shape index (κ2) is 10.9. The fourth-order valence-corrected chi connectivity index (χ4v) is 4.64. The van der Waals surface area contributed by atoms with E-state index in [4.69, 9.17) is 18.9 Å². The highest BCUT2D eigenvalue weighted by molar-refractivity contribution is 5.99. The van der Waals surface area contributed by atoms with Crippen molar-refractivity contribution in [3.63, 3.8) is 0 Å². The Balaban J connectivity index is 1.49.